The van der Waals surface area contributed by atoms with Crippen molar-refractivity contribution >= 4 is 6.09 Å². The summed E-state index contributed by atoms with van der Waals surface area (Å²) in [7, 11) is 1.37. The van der Waals surface area contributed by atoms with Gasteiger partial charge in [0.2, 0.25) is 0 Å². The number of unbranched alkanes of at least 4 members (excludes halogenated alkanes) is 2. The van der Waals surface area contributed by atoms with E-state index in [1.54, 1.807) is 0 Å². The number of carbonyl (C=O) groups excluding carboxylic acids is 1. The molecule has 0 aliphatic heterocycles. The lowest BCUT2D eigenvalue weighted by Gasteiger charge is -2.02. The Hall–Kier alpha value is -1.32. The smallest absolute Gasteiger partial charge is 0.434 e. The number of aromatic nitrogens is 2. The first-order valence-corrected chi connectivity index (χ1v) is 5.75. The summed E-state index contributed by atoms with van der Waals surface area (Å²) in [5.74, 6) is 0. The standard InChI is InChI=1S/C12H20N2O2/c1-5-6-7-8-11-9(2)13-14(10(11)3)12(15)16-4/h5-8H2,1-4H3. The molecule has 1 rings (SSSR count). The third-order valence-corrected chi connectivity index (χ3v) is 2.82. The molecule has 0 fully saturated rings. The summed E-state index contributed by atoms with van der Waals surface area (Å²) in [6.45, 7) is 6.03. The SMILES string of the molecule is CCCCCc1c(C)nn(C(=O)OC)c1C. The van der Waals surface area contributed by atoms with E-state index in [-0.39, 0.29) is 0 Å². The van der Waals surface area contributed by atoms with Crippen LogP contribution in [0.2, 0.25) is 0 Å². The first kappa shape index (κ1) is 12.7. The van der Waals surface area contributed by atoms with Crippen molar-refractivity contribution in [2.24, 2.45) is 0 Å². The molecule has 0 amide bonds. The summed E-state index contributed by atoms with van der Waals surface area (Å²) in [5, 5.41) is 4.20. The van der Waals surface area contributed by atoms with Crippen LogP contribution in [0.25, 0.3) is 0 Å². The predicted octanol–water partition coefficient (Wildman–Crippen LogP) is 2.85. The highest BCUT2D eigenvalue weighted by molar-refractivity contribution is 5.70. The second-order valence-electron chi connectivity index (χ2n) is 3.99. The van der Waals surface area contributed by atoms with Gasteiger partial charge in [0.05, 0.1) is 18.5 Å². The van der Waals surface area contributed by atoms with Crippen molar-refractivity contribution in [1.82, 2.24) is 9.78 Å². The van der Waals surface area contributed by atoms with E-state index in [0.29, 0.717) is 0 Å². The Balaban J connectivity index is 2.85. The lowest BCUT2D eigenvalue weighted by molar-refractivity contribution is 0.168. The van der Waals surface area contributed by atoms with Gasteiger partial charge in [-0.2, -0.15) is 9.78 Å². The molecular weight excluding hydrogens is 204 g/mol. The van der Waals surface area contributed by atoms with Gasteiger partial charge in [-0.05, 0) is 32.3 Å². The van der Waals surface area contributed by atoms with Crippen LogP contribution in [0.1, 0.15) is 43.1 Å². The Kier molecular flexibility index (Phi) is 4.52. The number of hydrogen-bond donors (Lipinski definition) is 0. The molecule has 0 aliphatic carbocycles. The van der Waals surface area contributed by atoms with Gasteiger partial charge in [0.25, 0.3) is 0 Å². The Labute approximate surface area is 96.6 Å². The summed E-state index contributed by atoms with van der Waals surface area (Å²) in [6, 6.07) is 0. The van der Waals surface area contributed by atoms with Crippen molar-refractivity contribution in [3.05, 3.63) is 17.0 Å². The van der Waals surface area contributed by atoms with Crippen molar-refractivity contribution in [3.8, 4) is 0 Å². The minimum Gasteiger partial charge on any atom is -0.451 e. The molecule has 0 atom stereocenters. The maximum Gasteiger partial charge on any atom is 0.434 e. The first-order chi connectivity index (χ1) is 7.61. The van der Waals surface area contributed by atoms with Crippen LogP contribution in [0, 0.1) is 13.8 Å². The topological polar surface area (TPSA) is 44.1 Å². The van der Waals surface area contributed by atoms with E-state index in [2.05, 4.69) is 16.8 Å². The van der Waals surface area contributed by atoms with E-state index in [4.69, 9.17) is 0 Å². The number of rotatable bonds is 4. The highest BCUT2D eigenvalue weighted by Gasteiger charge is 2.15. The van der Waals surface area contributed by atoms with Crippen molar-refractivity contribution in [3.63, 3.8) is 0 Å². The summed E-state index contributed by atoms with van der Waals surface area (Å²) < 4.78 is 6.02. The Morgan fingerprint density at radius 2 is 2.06 bits per heavy atom. The largest absolute Gasteiger partial charge is 0.451 e. The van der Waals surface area contributed by atoms with Crippen LogP contribution in [0.3, 0.4) is 0 Å². The van der Waals surface area contributed by atoms with E-state index in [0.717, 1.165) is 24.2 Å². The van der Waals surface area contributed by atoms with Crippen molar-refractivity contribution in [2.45, 2.75) is 46.5 Å². The molecule has 0 spiro atoms. The van der Waals surface area contributed by atoms with E-state index >= 15 is 0 Å². The molecule has 0 bridgehead atoms. The van der Waals surface area contributed by atoms with Gasteiger partial charge in [-0.3, -0.25) is 0 Å². The van der Waals surface area contributed by atoms with Crippen LogP contribution in [0.15, 0.2) is 0 Å². The molecule has 1 heterocycles. The number of aryl methyl sites for hydroxylation is 1. The Morgan fingerprint density at radius 1 is 1.38 bits per heavy atom. The summed E-state index contributed by atoms with van der Waals surface area (Å²) >= 11 is 0. The normalized spacial score (nSPS) is 10.5. The zero-order valence-electron chi connectivity index (χ0n) is 10.5. The fourth-order valence-electron chi connectivity index (χ4n) is 1.85. The molecule has 0 aromatic carbocycles. The van der Waals surface area contributed by atoms with Crippen LogP contribution in [-0.4, -0.2) is 23.0 Å². The summed E-state index contributed by atoms with van der Waals surface area (Å²) in [6.07, 6.45) is 4.13. The van der Waals surface area contributed by atoms with Crippen molar-refractivity contribution in [2.75, 3.05) is 7.11 Å². The molecule has 0 unspecified atom stereocenters. The van der Waals surface area contributed by atoms with Gasteiger partial charge in [-0.1, -0.05) is 19.8 Å². The molecule has 0 aliphatic rings. The molecule has 90 valence electrons. The molecule has 1 aromatic heterocycles. The number of methoxy groups -OCH3 is 1. The van der Waals surface area contributed by atoms with E-state index < -0.39 is 6.09 Å². The lowest BCUT2D eigenvalue weighted by atomic mass is 10.1. The maximum atomic E-state index is 11.4. The van der Waals surface area contributed by atoms with Crippen LogP contribution < -0.4 is 0 Å². The highest BCUT2D eigenvalue weighted by atomic mass is 16.5. The first-order valence-electron chi connectivity index (χ1n) is 5.75. The molecule has 0 saturated heterocycles. The maximum absolute atomic E-state index is 11.4. The molecule has 0 saturated carbocycles. The van der Waals surface area contributed by atoms with Gasteiger partial charge in [0.1, 0.15) is 0 Å². The average Bonchev–Trinajstić information content (AvgIpc) is 2.56. The fraction of sp³-hybridized carbons (Fsp3) is 0.667. The van der Waals surface area contributed by atoms with Gasteiger partial charge >= 0.3 is 6.09 Å². The molecule has 16 heavy (non-hydrogen) atoms. The average molecular weight is 224 g/mol. The Bertz CT molecular complexity index is 369. The number of hydrogen-bond acceptors (Lipinski definition) is 3. The van der Waals surface area contributed by atoms with Gasteiger partial charge < -0.3 is 4.74 Å². The second kappa shape index (κ2) is 5.68. The van der Waals surface area contributed by atoms with Gasteiger partial charge in [0.15, 0.2) is 0 Å². The molecule has 4 heteroatoms. The zero-order valence-corrected chi connectivity index (χ0v) is 10.5. The monoisotopic (exact) mass is 224 g/mol. The lowest BCUT2D eigenvalue weighted by Crippen LogP contribution is -2.14. The van der Waals surface area contributed by atoms with E-state index in [1.165, 1.54) is 30.2 Å². The van der Waals surface area contributed by atoms with E-state index in [1.807, 2.05) is 13.8 Å². The number of ether oxygens (including phenoxy) is 1. The molecule has 0 N–H and O–H groups in total. The summed E-state index contributed by atoms with van der Waals surface area (Å²) in [4.78, 5) is 11.4. The van der Waals surface area contributed by atoms with Crippen LogP contribution in [-0.2, 0) is 11.2 Å². The summed E-state index contributed by atoms with van der Waals surface area (Å²) in [5.41, 5.74) is 3.01. The third kappa shape index (κ3) is 2.62. The van der Waals surface area contributed by atoms with Gasteiger partial charge in [-0.25, -0.2) is 4.79 Å². The van der Waals surface area contributed by atoms with Crippen LogP contribution in [0.4, 0.5) is 4.79 Å². The quantitative estimate of drug-likeness (QED) is 0.739. The van der Waals surface area contributed by atoms with Crippen molar-refractivity contribution < 1.29 is 9.53 Å². The predicted molar refractivity (Wildman–Crippen MR) is 62.7 cm³/mol. The number of nitrogens with zero attached hydrogens (tertiary/aromatic N) is 2. The van der Waals surface area contributed by atoms with Crippen LogP contribution in [0.5, 0.6) is 0 Å². The third-order valence-electron chi connectivity index (χ3n) is 2.82. The van der Waals surface area contributed by atoms with Crippen LogP contribution >= 0.6 is 0 Å². The fourth-order valence-corrected chi connectivity index (χ4v) is 1.85. The number of carbonyl (C=O) groups is 1. The zero-order chi connectivity index (χ0) is 12.1. The molecule has 4 nitrogen and oxygen atoms in total. The minimum atomic E-state index is -0.414. The second-order valence-corrected chi connectivity index (χ2v) is 3.99. The molecule has 0 radical (unpaired) electrons. The highest BCUT2D eigenvalue weighted by Crippen LogP contribution is 2.16. The molecular formula is C12H20N2O2. The van der Waals surface area contributed by atoms with E-state index in [9.17, 15) is 4.79 Å². The van der Waals surface area contributed by atoms with Gasteiger partial charge in [-0.15, -0.1) is 0 Å². The van der Waals surface area contributed by atoms with Gasteiger partial charge in [0, 0.05) is 0 Å². The minimum absolute atomic E-state index is 0.414. The molecule has 1 aromatic rings. The van der Waals surface area contributed by atoms with Crippen molar-refractivity contribution in [1.29, 1.82) is 0 Å². The Morgan fingerprint density at radius 3 is 2.62 bits per heavy atom.